The molecule has 0 radical (unpaired) electrons. The van der Waals surface area contributed by atoms with Crippen LogP contribution in [-0.2, 0) is 33.2 Å². The van der Waals surface area contributed by atoms with Gasteiger partial charge in [-0.05, 0) is 6.92 Å². The number of hydrogen-bond donors (Lipinski definition) is 0. The average Bonchev–Trinajstić information content (AvgIpc) is 3.00. The first-order valence-electron chi connectivity index (χ1n) is 5.40. The topological polar surface area (TPSA) is 26.3 Å². The summed E-state index contributed by atoms with van der Waals surface area (Å²) in [6.45, 7) is 5.44. The molecule has 0 aliphatic carbocycles. The zero-order valence-corrected chi connectivity index (χ0v) is 11.4. The van der Waals surface area contributed by atoms with Crippen LogP contribution >= 0.6 is 0 Å². The molecular weight excluding hydrogens is 268 g/mol. The van der Waals surface area contributed by atoms with Gasteiger partial charge >= 0.3 is 23.0 Å². The molecule has 0 bridgehead atoms. The Hall–Kier alpha value is -1.57. The van der Waals surface area contributed by atoms with Gasteiger partial charge in [0.2, 0.25) is 0 Å². The van der Waals surface area contributed by atoms with Gasteiger partial charge in [-0.15, -0.1) is 0 Å². The van der Waals surface area contributed by atoms with Crippen molar-refractivity contribution in [3.05, 3.63) is 72.3 Å². The first-order valence-corrected chi connectivity index (χ1v) is 5.40. The average molecular weight is 284 g/mol. The molecule has 2 nitrogen and oxygen atoms in total. The Balaban J connectivity index is 0.000000405. The third-order valence-electron chi connectivity index (χ3n) is 2.01. The maximum Gasteiger partial charge on any atom is 2.00 e. The predicted molar refractivity (Wildman–Crippen MR) is 68.7 cm³/mol. The Morgan fingerprint density at radius 2 is 1.94 bits per heavy atom. The van der Waals surface area contributed by atoms with Gasteiger partial charge in [-0.25, -0.2) is 23.0 Å². The first-order chi connectivity index (χ1) is 8.20. The number of carbonyl (C=O) groups excluding carboxylic acids is 1. The number of esters is 1. The van der Waals surface area contributed by atoms with E-state index in [0.29, 0.717) is 12.2 Å². The summed E-state index contributed by atoms with van der Waals surface area (Å²) < 4.78 is 4.91. The van der Waals surface area contributed by atoms with Crippen LogP contribution in [0.15, 0.2) is 66.7 Å². The fourth-order valence-electron chi connectivity index (χ4n) is 1.10. The predicted octanol–water partition coefficient (Wildman–Crippen LogP) is 3.43. The quantitative estimate of drug-likeness (QED) is 0.373. The molecule has 0 N–H and O–H groups in total. The molecule has 0 heterocycles. The van der Waals surface area contributed by atoms with Crippen molar-refractivity contribution in [3.8, 4) is 0 Å². The number of ether oxygens (including phenoxy) is 1. The zero-order chi connectivity index (χ0) is 12.5. The van der Waals surface area contributed by atoms with E-state index in [0.717, 1.165) is 5.56 Å². The molecule has 0 fully saturated rings. The van der Waals surface area contributed by atoms with Gasteiger partial charge in [0.25, 0.3) is 0 Å². The van der Waals surface area contributed by atoms with Crippen molar-refractivity contribution in [3.63, 3.8) is 0 Å². The summed E-state index contributed by atoms with van der Waals surface area (Å²) in [6.07, 6.45) is 0. The third-order valence-corrected chi connectivity index (χ3v) is 2.01. The van der Waals surface area contributed by atoms with Gasteiger partial charge in [-0.3, -0.25) is 0 Å². The fourth-order valence-corrected chi connectivity index (χ4v) is 1.10. The van der Waals surface area contributed by atoms with E-state index in [1.807, 2.05) is 54.6 Å². The van der Waals surface area contributed by atoms with Crippen molar-refractivity contribution in [1.29, 1.82) is 0 Å². The SMILES string of the molecule is C=C(C)C(=O)OCc1cc[cH-]c1.[Fe+2].c1cc[cH-]c1. The summed E-state index contributed by atoms with van der Waals surface area (Å²) in [5.41, 5.74) is 1.44. The fraction of sp³-hybridized carbons (Fsp3) is 0.133. The molecule has 0 aromatic heterocycles. The largest absolute Gasteiger partial charge is 2.00 e. The Kier molecular flexibility index (Phi) is 8.63. The van der Waals surface area contributed by atoms with Crippen LogP contribution in [0.4, 0.5) is 0 Å². The smallest absolute Gasteiger partial charge is 0.471 e. The maximum atomic E-state index is 10.9. The molecule has 0 saturated heterocycles. The van der Waals surface area contributed by atoms with Gasteiger partial charge in [-0.1, -0.05) is 6.58 Å². The summed E-state index contributed by atoms with van der Waals surface area (Å²) >= 11 is 0. The molecule has 3 heteroatoms. The van der Waals surface area contributed by atoms with E-state index in [9.17, 15) is 4.79 Å². The minimum atomic E-state index is -0.337. The number of carbonyl (C=O) groups is 1. The van der Waals surface area contributed by atoms with Crippen LogP contribution < -0.4 is 0 Å². The van der Waals surface area contributed by atoms with E-state index in [4.69, 9.17) is 4.74 Å². The minimum absolute atomic E-state index is 0. The number of hydrogen-bond acceptors (Lipinski definition) is 2. The molecule has 0 unspecified atom stereocenters. The van der Waals surface area contributed by atoms with Crippen molar-refractivity contribution in [2.75, 3.05) is 0 Å². The second kappa shape index (κ2) is 9.46. The Morgan fingerprint density at radius 3 is 2.33 bits per heavy atom. The molecule has 18 heavy (non-hydrogen) atoms. The molecule has 2 rings (SSSR count). The van der Waals surface area contributed by atoms with Crippen LogP contribution in [0.1, 0.15) is 12.5 Å². The van der Waals surface area contributed by atoms with Crippen molar-refractivity contribution in [1.82, 2.24) is 0 Å². The molecule has 0 aliphatic rings. The summed E-state index contributed by atoms with van der Waals surface area (Å²) in [7, 11) is 0. The summed E-state index contributed by atoms with van der Waals surface area (Å²) in [5, 5.41) is 0. The van der Waals surface area contributed by atoms with Crippen LogP contribution in [0, 0.1) is 0 Å². The summed E-state index contributed by atoms with van der Waals surface area (Å²) in [6, 6.07) is 17.6. The van der Waals surface area contributed by atoms with Gasteiger partial charge in [0.15, 0.2) is 0 Å². The van der Waals surface area contributed by atoms with Gasteiger partial charge in [-0.2, -0.15) is 42.0 Å². The molecule has 0 atom stereocenters. The Labute approximate surface area is 118 Å². The van der Waals surface area contributed by atoms with Crippen LogP contribution in [0.3, 0.4) is 0 Å². The van der Waals surface area contributed by atoms with Gasteiger partial charge < -0.3 is 4.74 Å². The van der Waals surface area contributed by atoms with Crippen LogP contribution in [0.5, 0.6) is 0 Å². The molecule has 0 amide bonds. The zero-order valence-electron chi connectivity index (χ0n) is 10.3. The van der Waals surface area contributed by atoms with Crippen LogP contribution in [0.2, 0.25) is 0 Å². The second-order valence-corrected chi connectivity index (χ2v) is 3.61. The molecule has 2 aromatic rings. The van der Waals surface area contributed by atoms with Crippen molar-refractivity contribution >= 4 is 5.97 Å². The third kappa shape index (κ3) is 6.89. The monoisotopic (exact) mass is 284 g/mol. The van der Waals surface area contributed by atoms with E-state index in [1.54, 1.807) is 6.92 Å². The van der Waals surface area contributed by atoms with Gasteiger partial charge in [0, 0.05) is 5.57 Å². The van der Waals surface area contributed by atoms with Crippen molar-refractivity contribution in [2.24, 2.45) is 0 Å². The summed E-state index contributed by atoms with van der Waals surface area (Å²) in [5.74, 6) is -0.337. The van der Waals surface area contributed by atoms with Crippen molar-refractivity contribution < 1.29 is 26.6 Å². The molecule has 0 spiro atoms. The maximum absolute atomic E-state index is 10.9. The van der Waals surface area contributed by atoms with Gasteiger partial charge in [0.05, 0.1) is 6.61 Å². The first kappa shape index (κ1) is 16.4. The molecule has 0 saturated carbocycles. The summed E-state index contributed by atoms with van der Waals surface area (Å²) in [4.78, 5) is 10.9. The van der Waals surface area contributed by atoms with Crippen LogP contribution in [-0.4, -0.2) is 5.97 Å². The van der Waals surface area contributed by atoms with E-state index >= 15 is 0 Å². The van der Waals surface area contributed by atoms with Crippen LogP contribution in [0.25, 0.3) is 0 Å². The van der Waals surface area contributed by atoms with E-state index in [1.165, 1.54) is 0 Å². The van der Waals surface area contributed by atoms with E-state index in [2.05, 4.69) is 6.58 Å². The second-order valence-electron chi connectivity index (χ2n) is 3.61. The van der Waals surface area contributed by atoms with Gasteiger partial charge in [0.1, 0.15) is 0 Å². The standard InChI is InChI=1S/C10H11O2.C5H5.Fe/c1-8(2)10(11)12-7-9-5-3-4-6-9;1-2-4-5-3-1;/h3-6H,1,7H2,2H3;1-5H;/q2*-1;+2. The molecule has 2 aromatic carbocycles. The molecular formula is C15H16FeO2. The Bertz CT molecular complexity index is 410. The number of rotatable bonds is 3. The molecule has 0 aliphatic heterocycles. The minimum Gasteiger partial charge on any atom is -0.471 e. The normalized spacial score (nSPS) is 8.50. The van der Waals surface area contributed by atoms with E-state index in [-0.39, 0.29) is 23.0 Å². The van der Waals surface area contributed by atoms with Crippen molar-refractivity contribution in [2.45, 2.75) is 13.5 Å². The van der Waals surface area contributed by atoms with E-state index < -0.39 is 0 Å². The Morgan fingerprint density at radius 1 is 1.28 bits per heavy atom. The molecule has 96 valence electrons.